The molecule has 1 amide bonds. The molecule has 0 heterocycles. The van der Waals surface area contributed by atoms with E-state index < -0.39 is 5.91 Å². The van der Waals surface area contributed by atoms with Gasteiger partial charge in [0.05, 0.1) is 18.5 Å². The number of hydrogen-bond acceptors (Lipinski definition) is 5. The first kappa shape index (κ1) is 18.2. The van der Waals surface area contributed by atoms with Crippen molar-refractivity contribution < 1.29 is 14.6 Å². The van der Waals surface area contributed by atoms with Crippen LogP contribution in [0.3, 0.4) is 0 Å². The van der Waals surface area contributed by atoms with Gasteiger partial charge in [0.25, 0.3) is 5.91 Å². The van der Waals surface area contributed by atoms with E-state index in [4.69, 9.17) is 16.3 Å². The molecule has 0 aromatic heterocycles. The van der Waals surface area contributed by atoms with E-state index in [2.05, 4.69) is 10.6 Å². The highest BCUT2D eigenvalue weighted by atomic mass is 35.5. The van der Waals surface area contributed by atoms with Gasteiger partial charge in [-0.05, 0) is 42.8 Å². The fourth-order valence-corrected chi connectivity index (χ4v) is 2.20. The average molecular weight is 358 g/mol. The second-order valence-corrected chi connectivity index (χ2v) is 5.57. The zero-order valence-electron chi connectivity index (χ0n) is 13.6. The third-order valence-corrected chi connectivity index (χ3v) is 3.53. The SMILES string of the molecule is COc1ccc(C)cc1NC(=O)/C(C#N)=C\Nc1cc(Cl)ccc1O. The lowest BCUT2D eigenvalue weighted by Gasteiger charge is -2.11. The Kier molecular flexibility index (Phi) is 5.88. The molecule has 0 spiro atoms. The van der Waals surface area contributed by atoms with E-state index in [0.717, 1.165) is 5.56 Å². The molecule has 2 aromatic carbocycles. The molecular formula is C18H16ClN3O3. The molecule has 2 aromatic rings. The lowest BCUT2D eigenvalue weighted by Crippen LogP contribution is -2.15. The molecule has 0 fully saturated rings. The quantitative estimate of drug-likeness (QED) is 0.429. The smallest absolute Gasteiger partial charge is 0.267 e. The van der Waals surface area contributed by atoms with Crippen molar-refractivity contribution in [2.75, 3.05) is 17.7 Å². The first-order chi connectivity index (χ1) is 11.9. The number of aryl methyl sites for hydroxylation is 1. The van der Waals surface area contributed by atoms with Gasteiger partial charge in [-0.25, -0.2) is 0 Å². The van der Waals surface area contributed by atoms with Crippen molar-refractivity contribution in [1.82, 2.24) is 0 Å². The van der Waals surface area contributed by atoms with Crippen molar-refractivity contribution in [2.45, 2.75) is 6.92 Å². The number of nitrogens with one attached hydrogen (secondary N) is 2. The van der Waals surface area contributed by atoms with Gasteiger partial charge in [-0.15, -0.1) is 0 Å². The van der Waals surface area contributed by atoms with Crippen molar-refractivity contribution >= 4 is 28.9 Å². The number of amides is 1. The summed E-state index contributed by atoms with van der Waals surface area (Å²) in [6.45, 7) is 1.87. The number of aromatic hydroxyl groups is 1. The number of carbonyl (C=O) groups is 1. The predicted molar refractivity (Wildman–Crippen MR) is 96.8 cm³/mol. The summed E-state index contributed by atoms with van der Waals surface area (Å²) in [7, 11) is 1.49. The number of phenolic OH excluding ortho intramolecular Hbond substituents is 1. The highest BCUT2D eigenvalue weighted by Crippen LogP contribution is 2.27. The van der Waals surface area contributed by atoms with Crippen LogP contribution in [0.1, 0.15) is 5.56 Å². The van der Waals surface area contributed by atoms with E-state index in [1.807, 2.05) is 19.1 Å². The summed E-state index contributed by atoms with van der Waals surface area (Å²) in [5.74, 6) is -0.184. The Morgan fingerprint density at radius 2 is 2.04 bits per heavy atom. The molecule has 0 aliphatic carbocycles. The highest BCUT2D eigenvalue weighted by molar-refractivity contribution is 6.30. The largest absolute Gasteiger partial charge is 0.506 e. The number of halogens is 1. The zero-order chi connectivity index (χ0) is 18.4. The van der Waals surface area contributed by atoms with E-state index in [-0.39, 0.29) is 17.0 Å². The van der Waals surface area contributed by atoms with Crippen LogP contribution in [0.25, 0.3) is 0 Å². The number of hydrogen-bond donors (Lipinski definition) is 3. The van der Waals surface area contributed by atoms with Gasteiger partial charge in [-0.3, -0.25) is 4.79 Å². The Balaban J connectivity index is 2.20. The summed E-state index contributed by atoms with van der Waals surface area (Å²) in [6, 6.07) is 11.5. The van der Waals surface area contributed by atoms with Gasteiger partial charge < -0.3 is 20.5 Å². The standard InChI is InChI=1S/C18H16ClN3O3/c1-11-3-6-17(25-2)15(7-11)22-18(24)12(9-20)10-21-14-8-13(19)4-5-16(14)23/h3-8,10,21,23H,1-2H3,(H,22,24)/b12-10-. The monoisotopic (exact) mass is 357 g/mol. The van der Waals surface area contributed by atoms with Crippen LogP contribution >= 0.6 is 11.6 Å². The van der Waals surface area contributed by atoms with Crippen molar-refractivity contribution in [3.8, 4) is 17.6 Å². The number of rotatable bonds is 5. The number of nitriles is 1. The number of methoxy groups -OCH3 is 1. The summed E-state index contributed by atoms with van der Waals surface area (Å²) >= 11 is 5.85. The number of carbonyl (C=O) groups excluding carboxylic acids is 1. The minimum absolute atomic E-state index is 0.0568. The van der Waals surface area contributed by atoms with Gasteiger partial charge in [-0.1, -0.05) is 17.7 Å². The first-order valence-electron chi connectivity index (χ1n) is 7.26. The van der Waals surface area contributed by atoms with Gasteiger partial charge in [0.15, 0.2) is 0 Å². The third-order valence-electron chi connectivity index (χ3n) is 3.30. The minimum Gasteiger partial charge on any atom is -0.506 e. The topological polar surface area (TPSA) is 94.4 Å². The van der Waals surface area contributed by atoms with E-state index >= 15 is 0 Å². The lowest BCUT2D eigenvalue weighted by molar-refractivity contribution is -0.112. The molecule has 0 aliphatic rings. The normalized spacial score (nSPS) is 10.7. The van der Waals surface area contributed by atoms with Crippen molar-refractivity contribution in [3.05, 3.63) is 58.8 Å². The summed E-state index contributed by atoms with van der Waals surface area (Å²) < 4.78 is 5.19. The van der Waals surface area contributed by atoms with Gasteiger partial charge >= 0.3 is 0 Å². The molecule has 3 N–H and O–H groups in total. The van der Waals surface area contributed by atoms with Crippen molar-refractivity contribution in [3.63, 3.8) is 0 Å². The van der Waals surface area contributed by atoms with Crippen molar-refractivity contribution in [1.29, 1.82) is 5.26 Å². The van der Waals surface area contributed by atoms with Crippen LogP contribution in [-0.2, 0) is 4.79 Å². The fraction of sp³-hybridized carbons (Fsp3) is 0.111. The molecule has 0 radical (unpaired) electrons. The molecule has 25 heavy (non-hydrogen) atoms. The van der Waals surface area contributed by atoms with E-state index in [1.54, 1.807) is 12.1 Å². The molecule has 0 saturated carbocycles. The van der Waals surface area contributed by atoms with Gasteiger partial charge in [0, 0.05) is 11.2 Å². The van der Waals surface area contributed by atoms with Gasteiger partial charge in [0.2, 0.25) is 0 Å². The summed E-state index contributed by atoms with van der Waals surface area (Å²) in [5.41, 5.74) is 1.49. The number of anilines is 2. The summed E-state index contributed by atoms with van der Waals surface area (Å²) in [4.78, 5) is 12.3. The van der Waals surface area contributed by atoms with E-state index in [0.29, 0.717) is 16.5 Å². The summed E-state index contributed by atoms with van der Waals surface area (Å²) in [5, 5.41) is 24.7. The second-order valence-electron chi connectivity index (χ2n) is 5.13. The van der Waals surface area contributed by atoms with Crippen LogP contribution in [0, 0.1) is 18.3 Å². The minimum atomic E-state index is -0.611. The fourth-order valence-electron chi connectivity index (χ4n) is 2.03. The van der Waals surface area contributed by atoms with Crippen LogP contribution < -0.4 is 15.4 Å². The maximum Gasteiger partial charge on any atom is 0.267 e. The van der Waals surface area contributed by atoms with Gasteiger partial charge in [0.1, 0.15) is 23.1 Å². The highest BCUT2D eigenvalue weighted by Gasteiger charge is 2.13. The van der Waals surface area contributed by atoms with E-state index in [9.17, 15) is 15.2 Å². The first-order valence-corrected chi connectivity index (χ1v) is 7.63. The summed E-state index contributed by atoms with van der Waals surface area (Å²) in [6.07, 6.45) is 1.20. The van der Waals surface area contributed by atoms with Crippen molar-refractivity contribution in [2.24, 2.45) is 0 Å². The molecular weight excluding hydrogens is 342 g/mol. The molecule has 6 nitrogen and oxygen atoms in total. The van der Waals surface area contributed by atoms with Gasteiger partial charge in [-0.2, -0.15) is 5.26 Å². The average Bonchev–Trinajstić information content (AvgIpc) is 2.58. The van der Waals surface area contributed by atoms with Crippen LogP contribution in [0.4, 0.5) is 11.4 Å². The Labute approximate surface area is 150 Å². The molecule has 0 saturated heterocycles. The molecule has 0 aliphatic heterocycles. The molecule has 128 valence electrons. The third kappa shape index (κ3) is 4.66. The Morgan fingerprint density at radius 1 is 1.28 bits per heavy atom. The van der Waals surface area contributed by atoms with Crippen LogP contribution in [0.2, 0.25) is 5.02 Å². The number of benzene rings is 2. The molecule has 2 rings (SSSR count). The number of nitrogens with zero attached hydrogens (tertiary/aromatic N) is 1. The zero-order valence-corrected chi connectivity index (χ0v) is 14.4. The predicted octanol–water partition coefficient (Wildman–Crippen LogP) is 3.82. The Morgan fingerprint density at radius 3 is 2.72 bits per heavy atom. The number of phenols is 1. The van der Waals surface area contributed by atoms with Crippen LogP contribution in [-0.4, -0.2) is 18.1 Å². The maximum atomic E-state index is 12.3. The Hall–Kier alpha value is -3.17. The Bertz CT molecular complexity index is 872. The molecule has 0 unspecified atom stereocenters. The molecule has 0 atom stereocenters. The lowest BCUT2D eigenvalue weighted by atomic mass is 10.2. The maximum absolute atomic E-state index is 12.3. The van der Waals surface area contributed by atoms with Crippen LogP contribution in [0.5, 0.6) is 11.5 Å². The number of ether oxygens (including phenoxy) is 1. The second kappa shape index (κ2) is 8.08. The van der Waals surface area contributed by atoms with Crippen LogP contribution in [0.15, 0.2) is 48.2 Å². The molecule has 7 heteroatoms. The molecule has 0 bridgehead atoms. The van der Waals surface area contributed by atoms with E-state index in [1.165, 1.54) is 31.5 Å².